The molecule has 1 N–H and O–H groups in total. The second kappa shape index (κ2) is 6.85. The number of hydrogen-bond acceptors (Lipinski definition) is 3. The number of piperidine rings is 1. The molecule has 2 saturated heterocycles. The first-order valence-electron chi connectivity index (χ1n) is 10.4. The van der Waals surface area contributed by atoms with Gasteiger partial charge < -0.3 is 9.88 Å². The Morgan fingerprint density at radius 2 is 2.18 bits per heavy atom. The van der Waals surface area contributed by atoms with Crippen LogP contribution >= 0.6 is 12.2 Å². The molecule has 0 saturated carbocycles. The molecule has 148 valence electrons. The summed E-state index contributed by atoms with van der Waals surface area (Å²) in [4.78, 5) is 22.0. The van der Waals surface area contributed by atoms with Crippen molar-refractivity contribution in [3.63, 3.8) is 0 Å². The van der Waals surface area contributed by atoms with Crippen molar-refractivity contribution >= 4 is 34.1 Å². The first-order valence-corrected chi connectivity index (χ1v) is 10.9. The van der Waals surface area contributed by atoms with E-state index in [4.69, 9.17) is 12.2 Å². The molecular formula is C22H28N4OS. The minimum Gasteiger partial charge on any atom is -0.361 e. The number of carbonyl (C=O) groups is 1. The molecule has 0 bridgehead atoms. The zero-order valence-electron chi connectivity index (χ0n) is 16.6. The topological polar surface area (TPSA) is 42.6 Å². The van der Waals surface area contributed by atoms with Crippen LogP contribution in [0.4, 0.5) is 0 Å². The number of fused-ring (bicyclic) bond motifs is 2. The lowest BCUT2D eigenvalue weighted by Crippen LogP contribution is -2.52. The average molecular weight is 397 g/mol. The van der Waals surface area contributed by atoms with E-state index in [2.05, 4.69) is 46.1 Å². The van der Waals surface area contributed by atoms with Crippen molar-refractivity contribution in [1.82, 2.24) is 19.7 Å². The molecule has 5 rings (SSSR count). The van der Waals surface area contributed by atoms with E-state index in [-0.39, 0.29) is 5.91 Å². The molecule has 28 heavy (non-hydrogen) atoms. The smallest absolute Gasteiger partial charge is 0.248 e. The second-order valence-electron chi connectivity index (χ2n) is 8.67. The fourth-order valence-electron chi connectivity index (χ4n) is 5.69. The highest BCUT2D eigenvalue weighted by Gasteiger charge is 2.42. The number of benzene rings is 1. The molecule has 3 heterocycles. The Bertz CT molecular complexity index is 938. The fraction of sp³-hybridized carbons (Fsp3) is 0.545. The molecule has 3 atom stereocenters. The Labute approximate surface area is 171 Å². The van der Waals surface area contributed by atoms with Gasteiger partial charge in [0, 0.05) is 49.2 Å². The maximum absolute atomic E-state index is 12.0. The van der Waals surface area contributed by atoms with E-state index in [1.807, 2.05) is 0 Å². The SMILES string of the molecule is CCCN1C[C@H](CN2CC(=O)N(C)C2=S)C[C@@H]2c3cccc4[nH]cc(c34)C[C@H]21. The summed E-state index contributed by atoms with van der Waals surface area (Å²) in [6, 6.07) is 7.30. The van der Waals surface area contributed by atoms with Gasteiger partial charge >= 0.3 is 0 Å². The number of amides is 1. The first kappa shape index (κ1) is 18.1. The average Bonchev–Trinajstić information content (AvgIpc) is 3.21. The summed E-state index contributed by atoms with van der Waals surface area (Å²) in [5.41, 5.74) is 4.25. The number of hydrogen-bond donors (Lipinski definition) is 1. The predicted molar refractivity (Wildman–Crippen MR) is 115 cm³/mol. The lowest BCUT2D eigenvalue weighted by Gasteiger charge is -2.47. The van der Waals surface area contributed by atoms with Gasteiger partial charge in [0.05, 0.1) is 6.54 Å². The van der Waals surface area contributed by atoms with Crippen LogP contribution in [0.15, 0.2) is 24.4 Å². The molecular weight excluding hydrogens is 368 g/mol. The van der Waals surface area contributed by atoms with Crippen LogP contribution < -0.4 is 0 Å². The largest absolute Gasteiger partial charge is 0.361 e. The van der Waals surface area contributed by atoms with Gasteiger partial charge in [-0.3, -0.25) is 14.6 Å². The van der Waals surface area contributed by atoms with E-state index >= 15 is 0 Å². The van der Waals surface area contributed by atoms with E-state index in [0.29, 0.717) is 29.5 Å². The number of thiocarbonyl (C=S) groups is 1. The van der Waals surface area contributed by atoms with Gasteiger partial charge in [-0.05, 0) is 61.1 Å². The van der Waals surface area contributed by atoms with Crippen molar-refractivity contribution in [1.29, 1.82) is 0 Å². The van der Waals surface area contributed by atoms with Crippen LogP contribution in [0.3, 0.4) is 0 Å². The Morgan fingerprint density at radius 3 is 2.93 bits per heavy atom. The van der Waals surface area contributed by atoms with Crippen LogP contribution in [-0.4, -0.2) is 70.0 Å². The monoisotopic (exact) mass is 396 g/mol. The van der Waals surface area contributed by atoms with E-state index in [9.17, 15) is 4.79 Å². The van der Waals surface area contributed by atoms with Crippen LogP contribution in [0.5, 0.6) is 0 Å². The molecule has 3 aliphatic rings. The summed E-state index contributed by atoms with van der Waals surface area (Å²) in [6.07, 6.45) is 5.69. The number of carbonyl (C=O) groups excluding carboxylic acids is 1. The lowest BCUT2D eigenvalue weighted by atomic mass is 9.72. The van der Waals surface area contributed by atoms with Crippen molar-refractivity contribution < 1.29 is 4.79 Å². The van der Waals surface area contributed by atoms with Gasteiger partial charge in [0.15, 0.2) is 5.11 Å². The number of aromatic amines is 1. The highest BCUT2D eigenvalue weighted by Crippen LogP contribution is 2.45. The third-order valence-corrected chi connectivity index (χ3v) is 7.44. The number of likely N-dealkylation sites (N-methyl/N-ethyl adjacent to an activating group) is 1. The summed E-state index contributed by atoms with van der Waals surface area (Å²) in [6.45, 7) is 5.82. The van der Waals surface area contributed by atoms with Gasteiger partial charge in [0.1, 0.15) is 0 Å². The second-order valence-corrected chi connectivity index (χ2v) is 9.04. The summed E-state index contributed by atoms with van der Waals surface area (Å²) in [7, 11) is 1.79. The molecule has 2 fully saturated rings. The number of nitrogens with one attached hydrogen (secondary N) is 1. The zero-order valence-corrected chi connectivity index (χ0v) is 17.5. The first-order chi connectivity index (χ1) is 13.6. The summed E-state index contributed by atoms with van der Waals surface area (Å²) < 4.78 is 0. The fourth-order valence-corrected chi connectivity index (χ4v) is 5.93. The predicted octanol–water partition coefficient (Wildman–Crippen LogP) is 2.97. The highest BCUT2D eigenvalue weighted by molar-refractivity contribution is 7.80. The standard InChI is InChI=1S/C22H28N4OS/c1-3-7-25-11-14(12-26-13-20(27)24(2)22(26)28)8-17-16-5-4-6-18-21(16)15(10-23-18)9-19(17)25/h4-6,10,14,17,19,23H,3,7-9,11-13H2,1-2H3/t14-,17-,19-/m1/s1. The van der Waals surface area contributed by atoms with E-state index in [1.54, 1.807) is 11.9 Å². The quantitative estimate of drug-likeness (QED) is 0.807. The van der Waals surface area contributed by atoms with Gasteiger partial charge in [0.2, 0.25) is 5.91 Å². The maximum Gasteiger partial charge on any atom is 0.248 e. The zero-order chi connectivity index (χ0) is 19.4. The van der Waals surface area contributed by atoms with Gasteiger partial charge in [0.25, 0.3) is 0 Å². The maximum atomic E-state index is 12.0. The molecule has 6 heteroatoms. The number of rotatable bonds is 4. The normalized spacial score (nSPS) is 27.7. The highest BCUT2D eigenvalue weighted by atomic mass is 32.1. The van der Waals surface area contributed by atoms with Crippen LogP contribution in [0.1, 0.15) is 36.8 Å². The van der Waals surface area contributed by atoms with Crippen LogP contribution in [0.25, 0.3) is 10.9 Å². The van der Waals surface area contributed by atoms with Gasteiger partial charge in [-0.1, -0.05) is 19.1 Å². The molecule has 1 aliphatic carbocycles. The third-order valence-electron chi connectivity index (χ3n) is 6.91. The van der Waals surface area contributed by atoms with Gasteiger partial charge in [-0.2, -0.15) is 0 Å². The van der Waals surface area contributed by atoms with E-state index in [0.717, 1.165) is 26.1 Å². The molecule has 1 aromatic heterocycles. The Kier molecular flexibility index (Phi) is 4.43. The number of H-pyrrole nitrogens is 1. The molecule has 0 radical (unpaired) electrons. The van der Waals surface area contributed by atoms with Crippen LogP contribution in [0.2, 0.25) is 0 Å². The molecule has 5 nitrogen and oxygen atoms in total. The Morgan fingerprint density at radius 1 is 1.32 bits per heavy atom. The van der Waals surface area contributed by atoms with Crippen molar-refractivity contribution in [3.05, 3.63) is 35.5 Å². The van der Waals surface area contributed by atoms with Crippen molar-refractivity contribution in [3.8, 4) is 0 Å². The van der Waals surface area contributed by atoms with Crippen molar-refractivity contribution in [2.24, 2.45) is 5.92 Å². The van der Waals surface area contributed by atoms with Crippen LogP contribution in [0, 0.1) is 5.92 Å². The minimum atomic E-state index is 0.114. The molecule has 0 unspecified atom stereocenters. The van der Waals surface area contributed by atoms with Gasteiger partial charge in [-0.25, -0.2) is 0 Å². The molecule has 2 aromatic rings. The minimum absolute atomic E-state index is 0.114. The molecule has 2 aliphatic heterocycles. The van der Waals surface area contributed by atoms with E-state index in [1.165, 1.54) is 34.9 Å². The van der Waals surface area contributed by atoms with E-state index < -0.39 is 0 Å². The third kappa shape index (κ3) is 2.77. The number of aromatic nitrogens is 1. The lowest BCUT2D eigenvalue weighted by molar-refractivity contribution is -0.124. The molecule has 1 amide bonds. The Balaban J connectivity index is 1.45. The Hall–Kier alpha value is -1.92. The molecule has 1 aromatic carbocycles. The van der Waals surface area contributed by atoms with Crippen molar-refractivity contribution in [2.45, 2.75) is 38.1 Å². The number of nitrogens with zero attached hydrogens (tertiary/aromatic N) is 3. The summed E-state index contributed by atoms with van der Waals surface area (Å²) >= 11 is 5.51. The summed E-state index contributed by atoms with van der Waals surface area (Å²) in [5.74, 6) is 1.20. The number of likely N-dealkylation sites (tertiary alicyclic amines) is 1. The van der Waals surface area contributed by atoms with Crippen LogP contribution in [-0.2, 0) is 11.2 Å². The van der Waals surface area contributed by atoms with Crippen molar-refractivity contribution in [2.75, 3.05) is 33.2 Å². The molecule has 0 spiro atoms. The van der Waals surface area contributed by atoms with Gasteiger partial charge in [-0.15, -0.1) is 0 Å². The summed E-state index contributed by atoms with van der Waals surface area (Å²) in [5, 5.41) is 2.14.